The molecule has 1 aliphatic rings. The summed E-state index contributed by atoms with van der Waals surface area (Å²) in [7, 11) is 0. The van der Waals surface area contributed by atoms with Crippen molar-refractivity contribution in [3.8, 4) is 0 Å². The molecule has 0 aliphatic carbocycles. The summed E-state index contributed by atoms with van der Waals surface area (Å²) in [6.45, 7) is 1.23. The maximum atomic E-state index is 12.9. The molecule has 1 fully saturated rings. The Morgan fingerprint density at radius 2 is 1.91 bits per heavy atom. The molecule has 4 rings (SSSR count). The third-order valence-corrected chi connectivity index (χ3v) is 3.96. The summed E-state index contributed by atoms with van der Waals surface area (Å²) in [5, 5.41) is 7.05. The molecule has 0 unspecified atom stereocenters. The molecule has 1 aromatic carbocycles. The largest absolute Gasteiger partial charge is 0.355 e. The topological polar surface area (TPSA) is 62.5 Å². The molecule has 0 spiro atoms. The second-order valence-corrected chi connectivity index (χ2v) is 5.50. The lowest BCUT2D eigenvalue weighted by Gasteiger charge is -2.39. The van der Waals surface area contributed by atoms with E-state index in [9.17, 15) is 9.18 Å². The van der Waals surface area contributed by atoms with Crippen molar-refractivity contribution in [3.63, 3.8) is 0 Å². The molecule has 6 nitrogen and oxygen atoms in total. The number of hydrogen-bond donors (Lipinski definition) is 1. The molecule has 2 aromatic heterocycles. The summed E-state index contributed by atoms with van der Waals surface area (Å²) >= 11 is 0. The fraction of sp³-hybridized carbons (Fsp3) is 0.188. The number of aromatic nitrogens is 3. The Bertz CT molecular complexity index is 854. The number of fused-ring (bicyclic) bond motifs is 1. The van der Waals surface area contributed by atoms with Crippen LogP contribution in [0, 0.1) is 11.7 Å². The van der Waals surface area contributed by atoms with E-state index in [0.717, 1.165) is 11.5 Å². The summed E-state index contributed by atoms with van der Waals surface area (Å²) in [5.41, 5.74) is 1.38. The van der Waals surface area contributed by atoms with Crippen LogP contribution in [-0.4, -0.2) is 33.6 Å². The van der Waals surface area contributed by atoms with Crippen molar-refractivity contribution in [2.24, 2.45) is 5.92 Å². The van der Waals surface area contributed by atoms with Gasteiger partial charge in [0.05, 0.1) is 12.1 Å². The Balaban J connectivity index is 1.42. The molecule has 0 radical (unpaired) electrons. The molecular weight excluding hydrogens is 297 g/mol. The van der Waals surface area contributed by atoms with Crippen LogP contribution >= 0.6 is 0 Å². The zero-order chi connectivity index (χ0) is 15.8. The lowest BCUT2D eigenvalue weighted by atomic mass is 9.99. The van der Waals surface area contributed by atoms with Crippen molar-refractivity contribution in [2.75, 3.05) is 23.3 Å². The molecule has 23 heavy (non-hydrogen) atoms. The molecule has 0 bridgehead atoms. The fourth-order valence-corrected chi connectivity index (χ4v) is 2.67. The first-order valence-corrected chi connectivity index (χ1v) is 7.31. The van der Waals surface area contributed by atoms with Crippen molar-refractivity contribution >= 4 is 23.1 Å². The standard InChI is InChI=1S/C16H14FN5O/c17-12-1-3-13(4-2-12)20-16(23)11-9-21(10-11)15-6-7-18-14-5-8-19-22(14)15/h1-8,11H,9-10H2,(H,20,23). The number of carbonyl (C=O) groups excluding carboxylic acids is 1. The highest BCUT2D eigenvalue weighted by molar-refractivity contribution is 5.94. The van der Waals surface area contributed by atoms with Gasteiger partial charge in [-0.25, -0.2) is 9.37 Å². The van der Waals surface area contributed by atoms with Gasteiger partial charge in [0.15, 0.2) is 5.65 Å². The monoisotopic (exact) mass is 311 g/mol. The Morgan fingerprint density at radius 1 is 1.13 bits per heavy atom. The molecule has 0 atom stereocenters. The molecule has 7 heteroatoms. The maximum Gasteiger partial charge on any atom is 0.231 e. The zero-order valence-corrected chi connectivity index (χ0v) is 12.2. The molecule has 1 aliphatic heterocycles. The Morgan fingerprint density at radius 3 is 2.70 bits per heavy atom. The van der Waals surface area contributed by atoms with Crippen molar-refractivity contribution in [1.82, 2.24) is 14.6 Å². The van der Waals surface area contributed by atoms with Crippen LogP contribution in [0.2, 0.25) is 0 Å². The number of nitrogens with one attached hydrogen (secondary N) is 1. The zero-order valence-electron chi connectivity index (χ0n) is 12.2. The van der Waals surface area contributed by atoms with E-state index < -0.39 is 0 Å². The minimum atomic E-state index is -0.321. The average molecular weight is 311 g/mol. The third kappa shape index (κ3) is 2.50. The van der Waals surface area contributed by atoms with Crippen LogP contribution in [-0.2, 0) is 4.79 Å². The second-order valence-electron chi connectivity index (χ2n) is 5.50. The predicted molar refractivity (Wildman–Crippen MR) is 83.7 cm³/mol. The smallest absolute Gasteiger partial charge is 0.231 e. The number of anilines is 2. The highest BCUT2D eigenvalue weighted by Crippen LogP contribution is 2.25. The molecule has 3 heterocycles. The summed E-state index contributed by atoms with van der Waals surface area (Å²) in [4.78, 5) is 18.5. The average Bonchev–Trinajstić information content (AvgIpc) is 2.97. The van der Waals surface area contributed by atoms with Crippen molar-refractivity contribution in [2.45, 2.75) is 0 Å². The van der Waals surface area contributed by atoms with E-state index in [1.54, 1.807) is 29.0 Å². The van der Waals surface area contributed by atoms with E-state index in [1.165, 1.54) is 12.1 Å². The number of hydrogen-bond acceptors (Lipinski definition) is 4. The van der Waals surface area contributed by atoms with Gasteiger partial charge in [-0.1, -0.05) is 0 Å². The number of rotatable bonds is 3. The van der Waals surface area contributed by atoms with Gasteiger partial charge in [-0.2, -0.15) is 9.61 Å². The van der Waals surface area contributed by atoms with Crippen molar-refractivity contribution in [1.29, 1.82) is 0 Å². The minimum Gasteiger partial charge on any atom is -0.355 e. The van der Waals surface area contributed by atoms with Crippen LogP contribution < -0.4 is 10.2 Å². The van der Waals surface area contributed by atoms with Crippen LogP contribution in [0.15, 0.2) is 48.8 Å². The summed E-state index contributed by atoms with van der Waals surface area (Å²) in [5.74, 6) is 0.446. The molecule has 1 saturated heterocycles. The molecule has 1 amide bonds. The van der Waals surface area contributed by atoms with Crippen LogP contribution in [0.3, 0.4) is 0 Å². The first-order chi connectivity index (χ1) is 11.2. The number of halogens is 1. The van der Waals surface area contributed by atoms with E-state index in [4.69, 9.17) is 0 Å². The van der Waals surface area contributed by atoms with Gasteiger partial charge >= 0.3 is 0 Å². The van der Waals surface area contributed by atoms with Gasteiger partial charge in [0.2, 0.25) is 5.91 Å². The van der Waals surface area contributed by atoms with E-state index >= 15 is 0 Å². The minimum absolute atomic E-state index is 0.0568. The highest BCUT2D eigenvalue weighted by atomic mass is 19.1. The van der Waals surface area contributed by atoms with Gasteiger partial charge in [-0.15, -0.1) is 0 Å². The molecule has 0 saturated carbocycles. The van der Waals surface area contributed by atoms with Crippen LogP contribution in [0.25, 0.3) is 5.65 Å². The number of amides is 1. The lowest BCUT2D eigenvalue weighted by Crippen LogP contribution is -2.52. The van der Waals surface area contributed by atoms with Gasteiger partial charge in [0.25, 0.3) is 0 Å². The van der Waals surface area contributed by atoms with Gasteiger partial charge in [0.1, 0.15) is 11.6 Å². The van der Waals surface area contributed by atoms with E-state index in [1.807, 2.05) is 12.1 Å². The number of benzene rings is 1. The molecule has 116 valence electrons. The van der Waals surface area contributed by atoms with Gasteiger partial charge in [-0.05, 0) is 30.3 Å². The Hall–Kier alpha value is -2.96. The normalized spacial score (nSPS) is 14.7. The molecular formula is C16H14FN5O. The number of nitrogens with zero attached hydrogens (tertiary/aromatic N) is 4. The molecule has 3 aromatic rings. The summed E-state index contributed by atoms with van der Waals surface area (Å²) in [6.07, 6.45) is 3.43. The SMILES string of the molecule is O=C(Nc1ccc(F)cc1)C1CN(c2ccnc3ccnn23)C1. The number of carbonyl (C=O) groups is 1. The van der Waals surface area contributed by atoms with Crippen molar-refractivity contribution < 1.29 is 9.18 Å². The van der Waals surface area contributed by atoms with E-state index in [2.05, 4.69) is 20.3 Å². The first-order valence-electron chi connectivity index (χ1n) is 7.31. The fourth-order valence-electron chi connectivity index (χ4n) is 2.67. The summed E-state index contributed by atoms with van der Waals surface area (Å²) < 4.78 is 14.6. The molecule has 1 N–H and O–H groups in total. The van der Waals surface area contributed by atoms with E-state index in [0.29, 0.717) is 18.8 Å². The van der Waals surface area contributed by atoms with Crippen LogP contribution in [0.4, 0.5) is 15.9 Å². The lowest BCUT2D eigenvalue weighted by molar-refractivity contribution is -0.120. The van der Waals surface area contributed by atoms with E-state index in [-0.39, 0.29) is 17.6 Å². The van der Waals surface area contributed by atoms with Crippen LogP contribution in [0.1, 0.15) is 0 Å². The second kappa shape index (κ2) is 5.35. The summed E-state index contributed by atoms with van der Waals surface area (Å²) in [6, 6.07) is 9.48. The van der Waals surface area contributed by atoms with Gasteiger partial charge in [-0.3, -0.25) is 4.79 Å². The predicted octanol–water partition coefficient (Wildman–Crippen LogP) is 1.94. The van der Waals surface area contributed by atoms with Crippen molar-refractivity contribution in [3.05, 3.63) is 54.6 Å². The van der Waals surface area contributed by atoms with Gasteiger partial charge < -0.3 is 10.2 Å². The van der Waals surface area contributed by atoms with Crippen LogP contribution in [0.5, 0.6) is 0 Å². The Labute approximate surface area is 131 Å². The third-order valence-electron chi connectivity index (χ3n) is 3.96. The quantitative estimate of drug-likeness (QED) is 0.803. The first kappa shape index (κ1) is 13.7. The highest BCUT2D eigenvalue weighted by Gasteiger charge is 2.34. The maximum absolute atomic E-state index is 12.9. The Kier molecular flexibility index (Phi) is 3.18. The van der Waals surface area contributed by atoms with Gasteiger partial charge in [0, 0.05) is 31.0 Å².